The average Bonchev–Trinajstić information content (AvgIpc) is 2.20. The number of thiol groups is 1. The second-order valence-corrected chi connectivity index (χ2v) is 2.48. The van der Waals surface area contributed by atoms with E-state index in [1.807, 2.05) is 0 Å². The van der Waals surface area contributed by atoms with E-state index in [1.165, 1.54) is 6.07 Å². The molecule has 0 aliphatic rings. The molecule has 0 aliphatic carbocycles. The first kappa shape index (κ1) is 12.3. The van der Waals surface area contributed by atoms with Crippen LogP contribution in [-0.4, -0.2) is 18.5 Å². The Balaban J connectivity index is 0.000000671. The van der Waals surface area contributed by atoms with Crippen molar-refractivity contribution in [2.24, 2.45) is 0 Å². The van der Waals surface area contributed by atoms with Gasteiger partial charge in [-0.05, 0) is 12.1 Å². The van der Waals surface area contributed by atoms with Gasteiger partial charge in [0.15, 0.2) is 6.29 Å². The third-order valence-corrected chi connectivity index (χ3v) is 1.74. The summed E-state index contributed by atoms with van der Waals surface area (Å²) in [4.78, 5) is 10.3. The quantitative estimate of drug-likeness (QED) is 0.455. The van der Waals surface area contributed by atoms with Crippen LogP contribution in [0.25, 0.3) is 0 Å². The molecule has 0 fully saturated rings. The number of carbonyl (C=O) groups is 1. The van der Waals surface area contributed by atoms with Crippen molar-refractivity contribution in [3.05, 3.63) is 28.8 Å². The second kappa shape index (κ2) is 6.77. The number of hydrogen-bond acceptors (Lipinski definition) is 4. The maximum absolute atomic E-state index is 10.3. The van der Waals surface area contributed by atoms with E-state index in [1.54, 1.807) is 12.1 Å². The number of rotatable bonds is 2. The van der Waals surface area contributed by atoms with E-state index in [0.717, 1.165) is 7.11 Å². The maximum Gasteiger partial charge on any atom is 0.151 e. The molecule has 1 aromatic rings. The van der Waals surface area contributed by atoms with E-state index in [0.29, 0.717) is 22.6 Å². The van der Waals surface area contributed by atoms with Gasteiger partial charge in [-0.1, -0.05) is 11.6 Å². The first-order valence-corrected chi connectivity index (χ1v) is 4.03. The Morgan fingerprint density at radius 2 is 2.15 bits per heavy atom. The lowest BCUT2D eigenvalue weighted by molar-refractivity contribution is 0.112. The van der Waals surface area contributed by atoms with Crippen molar-refractivity contribution < 1.29 is 14.1 Å². The first-order valence-electron chi connectivity index (χ1n) is 3.29. The monoisotopic (exact) mass is 220 g/mol. The Bertz CT molecular complexity index is 278. The van der Waals surface area contributed by atoms with Gasteiger partial charge < -0.3 is 9.29 Å². The third-order valence-electron chi connectivity index (χ3n) is 1.20. The molecule has 0 atom stereocenters. The zero-order valence-electron chi connectivity index (χ0n) is 6.90. The molecule has 0 saturated heterocycles. The molecule has 1 N–H and O–H groups in total. The fourth-order valence-corrected chi connectivity index (χ4v) is 0.989. The van der Waals surface area contributed by atoms with Crippen molar-refractivity contribution >= 4 is 30.8 Å². The highest BCUT2D eigenvalue weighted by Crippen LogP contribution is 2.21. The van der Waals surface area contributed by atoms with Gasteiger partial charge in [0.2, 0.25) is 0 Å². The van der Waals surface area contributed by atoms with Crippen LogP contribution in [0.5, 0.6) is 5.75 Å². The highest BCUT2D eigenvalue weighted by molar-refractivity contribution is 7.75. The van der Waals surface area contributed by atoms with Crippen LogP contribution >= 0.6 is 24.5 Å². The van der Waals surface area contributed by atoms with Gasteiger partial charge in [-0.3, -0.25) is 4.79 Å². The smallest absolute Gasteiger partial charge is 0.151 e. The highest BCUT2D eigenvalue weighted by Gasteiger charge is 1.99. The standard InChI is InChI=1S/C7H5ClO2S.CH4O/c8-7-3-6(10-11)2-1-5(7)4-9;1-2/h1-4,11H;2H,1H3. The summed E-state index contributed by atoms with van der Waals surface area (Å²) in [7, 11) is 1.00. The summed E-state index contributed by atoms with van der Waals surface area (Å²) in [6, 6.07) is 4.71. The summed E-state index contributed by atoms with van der Waals surface area (Å²) in [5, 5.41) is 7.37. The van der Waals surface area contributed by atoms with Gasteiger partial charge in [-0.15, -0.1) is 0 Å². The van der Waals surface area contributed by atoms with Crippen LogP contribution in [0.4, 0.5) is 0 Å². The lowest BCUT2D eigenvalue weighted by atomic mass is 10.2. The molecule has 0 amide bonds. The molecule has 13 heavy (non-hydrogen) atoms. The molecule has 0 heterocycles. The van der Waals surface area contributed by atoms with E-state index in [4.69, 9.17) is 16.7 Å². The number of aliphatic hydroxyl groups excluding tert-OH is 1. The Kier molecular flexibility index (Phi) is 6.40. The number of carbonyl (C=O) groups excluding carboxylic acids is 1. The predicted octanol–water partition coefficient (Wildman–Crippen LogP) is 1.98. The average molecular weight is 221 g/mol. The van der Waals surface area contributed by atoms with Crippen LogP contribution in [0.1, 0.15) is 10.4 Å². The molecule has 1 aromatic carbocycles. The second-order valence-electron chi connectivity index (χ2n) is 1.89. The van der Waals surface area contributed by atoms with Crippen molar-refractivity contribution in [2.45, 2.75) is 0 Å². The van der Waals surface area contributed by atoms with Crippen molar-refractivity contribution in [3.63, 3.8) is 0 Å². The summed E-state index contributed by atoms with van der Waals surface area (Å²) in [6.07, 6.45) is 0.685. The molecule has 3 nitrogen and oxygen atoms in total. The van der Waals surface area contributed by atoms with Gasteiger partial charge >= 0.3 is 0 Å². The number of aldehydes is 1. The van der Waals surface area contributed by atoms with Crippen LogP contribution in [0, 0.1) is 0 Å². The van der Waals surface area contributed by atoms with Crippen LogP contribution in [0.15, 0.2) is 18.2 Å². The molecule has 0 radical (unpaired) electrons. The molecule has 5 heteroatoms. The lowest BCUT2D eigenvalue weighted by Crippen LogP contribution is -1.82. The molecule has 72 valence electrons. The van der Waals surface area contributed by atoms with Crippen LogP contribution in [-0.2, 0) is 0 Å². The minimum Gasteiger partial charge on any atom is -0.429 e. The highest BCUT2D eigenvalue weighted by atomic mass is 35.5. The Morgan fingerprint density at radius 1 is 1.54 bits per heavy atom. The summed E-state index contributed by atoms with van der Waals surface area (Å²) < 4.78 is 4.59. The number of hydrogen-bond donors (Lipinski definition) is 2. The van der Waals surface area contributed by atoms with Gasteiger partial charge in [0, 0.05) is 31.6 Å². The lowest BCUT2D eigenvalue weighted by Gasteiger charge is -1.98. The van der Waals surface area contributed by atoms with Gasteiger partial charge in [0.25, 0.3) is 0 Å². The SMILES string of the molecule is CO.O=Cc1ccc(OS)cc1Cl. The van der Waals surface area contributed by atoms with Crippen molar-refractivity contribution in [3.8, 4) is 5.75 Å². The molecule has 0 spiro atoms. The van der Waals surface area contributed by atoms with E-state index in [9.17, 15) is 4.79 Å². The number of aliphatic hydroxyl groups is 1. The molecule has 0 bridgehead atoms. The Labute approximate surface area is 86.9 Å². The van der Waals surface area contributed by atoms with Crippen molar-refractivity contribution in [1.82, 2.24) is 0 Å². The summed E-state index contributed by atoms with van der Waals surface area (Å²) in [5.41, 5.74) is 0.445. The zero-order chi connectivity index (χ0) is 10.3. The van der Waals surface area contributed by atoms with E-state index in [-0.39, 0.29) is 0 Å². The van der Waals surface area contributed by atoms with Gasteiger partial charge in [0.1, 0.15) is 5.75 Å². The van der Waals surface area contributed by atoms with E-state index < -0.39 is 0 Å². The predicted molar refractivity (Wildman–Crippen MR) is 54.6 cm³/mol. The molecule has 0 unspecified atom stereocenters. The Morgan fingerprint density at radius 3 is 2.54 bits per heavy atom. The van der Waals surface area contributed by atoms with E-state index in [2.05, 4.69) is 17.1 Å². The van der Waals surface area contributed by atoms with Crippen molar-refractivity contribution in [1.29, 1.82) is 0 Å². The van der Waals surface area contributed by atoms with Gasteiger partial charge in [0.05, 0.1) is 5.02 Å². The summed E-state index contributed by atoms with van der Waals surface area (Å²) >= 11 is 9.24. The Hall–Kier alpha value is -0.710. The fourth-order valence-electron chi connectivity index (χ4n) is 0.660. The molecule has 0 aliphatic heterocycles. The molecular weight excluding hydrogens is 212 g/mol. The van der Waals surface area contributed by atoms with Crippen LogP contribution < -0.4 is 4.18 Å². The number of benzene rings is 1. The molecule has 0 saturated carbocycles. The van der Waals surface area contributed by atoms with Crippen molar-refractivity contribution in [2.75, 3.05) is 7.11 Å². The van der Waals surface area contributed by atoms with Gasteiger partial charge in [-0.2, -0.15) is 0 Å². The topological polar surface area (TPSA) is 46.5 Å². The van der Waals surface area contributed by atoms with E-state index >= 15 is 0 Å². The minimum atomic E-state index is 0.367. The fraction of sp³-hybridized carbons (Fsp3) is 0.125. The first-order chi connectivity index (χ1) is 6.27. The normalized spacial score (nSPS) is 8.31. The summed E-state index contributed by atoms with van der Waals surface area (Å²) in [5.74, 6) is 0.518. The van der Waals surface area contributed by atoms with Crippen LogP contribution in [0.2, 0.25) is 5.02 Å². The summed E-state index contributed by atoms with van der Waals surface area (Å²) in [6.45, 7) is 0. The minimum absolute atomic E-state index is 0.367. The molecule has 1 rings (SSSR count). The largest absolute Gasteiger partial charge is 0.429 e. The van der Waals surface area contributed by atoms with Gasteiger partial charge in [-0.25, -0.2) is 0 Å². The zero-order valence-corrected chi connectivity index (χ0v) is 8.55. The maximum atomic E-state index is 10.3. The number of halogens is 1. The third kappa shape index (κ3) is 3.67. The molecule has 0 aromatic heterocycles. The molecular formula is C8H9ClO3S. The van der Waals surface area contributed by atoms with Crippen LogP contribution in [0.3, 0.4) is 0 Å².